The molecule has 1 aromatic carbocycles. The Kier molecular flexibility index (Phi) is 4.43. The van der Waals surface area contributed by atoms with Crippen molar-refractivity contribution >= 4 is 5.69 Å². The summed E-state index contributed by atoms with van der Waals surface area (Å²) in [5.41, 5.74) is 8.74. The zero-order valence-electron chi connectivity index (χ0n) is 9.67. The van der Waals surface area contributed by atoms with E-state index in [-0.39, 0.29) is 0 Å². The number of ether oxygens (including phenoxy) is 2. The lowest BCUT2D eigenvalue weighted by Crippen LogP contribution is -2.04. The molecule has 0 heterocycles. The van der Waals surface area contributed by atoms with Gasteiger partial charge in [0.1, 0.15) is 5.75 Å². The van der Waals surface area contributed by atoms with Gasteiger partial charge < -0.3 is 15.2 Å². The van der Waals surface area contributed by atoms with E-state index in [1.54, 1.807) is 7.11 Å². The Hall–Kier alpha value is -1.22. The molecule has 0 bridgehead atoms. The predicted octanol–water partition coefficient (Wildman–Crippen LogP) is 2.30. The van der Waals surface area contributed by atoms with E-state index >= 15 is 0 Å². The summed E-state index contributed by atoms with van der Waals surface area (Å²) in [5, 5.41) is 0. The highest BCUT2D eigenvalue weighted by atomic mass is 16.5. The number of hydrogen-bond donors (Lipinski definition) is 1. The first-order valence-corrected chi connectivity index (χ1v) is 5.14. The van der Waals surface area contributed by atoms with Crippen LogP contribution in [-0.2, 0) is 4.74 Å². The third kappa shape index (κ3) is 3.13. The molecule has 1 rings (SSSR count). The molecule has 0 saturated carbocycles. The van der Waals surface area contributed by atoms with Crippen LogP contribution in [-0.4, -0.2) is 20.3 Å². The number of nitrogens with two attached hydrogens (primary N) is 1. The van der Waals surface area contributed by atoms with E-state index in [1.807, 2.05) is 26.0 Å². The number of aryl methyl sites for hydroxylation is 1. The summed E-state index contributed by atoms with van der Waals surface area (Å²) in [6.07, 6.45) is 0.893. The van der Waals surface area contributed by atoms with Crippen molar-refractivity contribution in [2.75, 3.05) is 26.1 Å². The second kappa shape index (κ2) is 5.61. The summed E-state index contributed by atoms with van der Waals surface area (Å²) in [4.78, 5) is 0. The first kappa shape index (κ1) is 11.9. The maximum absolute atomic E-state index is 5.82. The lowest BCUT2D eigenvalue weighted by atomic mass is 10.1. The fourth-order valence-corrected chi connectivity index (χ4v) is 1.44. The van der Waals surface area contributed by atoms with Crippen LogP contribution in [0.2, 0.25) is 0 Å². The van der Waals surface area contributed by atoms with Gasteiger partial charge in [0.2, 0.25) is 0 Å². The molecule has 0 amide bonds. The van der Waals surface area contributed by atoms with Gasteiger partial charge in [0.05, 0.1) is 6.61 Å². The molecule has 0 saturated heterocycles. The van der Waals surface area contributed by atoms with Gasteiger partial charge in [-0.05, 0) is 25.5 Å². The van der Waals surface area contributed by atoms with E-state index in [0.717, 1.165) is 35.6 Å². The average Bonchev–Trinajstić information content (AvgIpc) is 2.23. The molecule has 3 heteroatoms. The number of hydrogen-bond acceptors (Lipinski definition) is 3. The van der Waals surface area contributed by atoms with Gasteiger partial charge in [-0.1, -0.05) is 6.07 Å². The number of methoxy groups -OCH3 is 1. The Bertz CT molecular complexity index is 324. The maximum atomic E-state index is 5.82. The molecule has 0 aliphatic carbocycles. The van der Waals surface area contributed by atoms with Crippen molar-refractivity contribution in [2.24, 2.45) is 0 Å². The van der Waals surface area contributed by atoms with Gasteiger partial charge in [0.15, 0.2) is 0 Å². The van der Waals surface area contributed by atoms with Crippen LogP contribution in [0.25, 0.3) is 0 Å². The number of rotatable bonds is 5. The van der Waals surface area contributed by atoms with Crippen LogP contribution < -0.4 is 10.5 Å². The van der Waals surface area contributed by atoms with Gasteiger partial charge in [0.25, 0.3) is 0 Å². The minimum Gasteiger partial charge on any atom is -0.493 e. The number of nitrogen functional groups attached to an aromatic ring is 1. The first-order chi connectivity index (χ1) is 7.16. The van der Waals surface area contributed by atoms with Gasteiger partial charge in [0, 0.05) is 31.4 Å². The predicted molar refractivity (Wildman–Crippen MR) is 62.3 cm³/mol. The standard InChI is InChI=1S/C12H19NO2/c1-9-5-6-11(13)10(2)12(9)15-8-4-7-14-3/h5-6H,4,7-8,13H2,1-3H3. The minimum atomic E-state index is 0.666. The van der Waals surface area contributed by atoms with Crippen LogP contribution in [0.15, 0.2) is 12.1 Å². The van der Waals surface area contributed by atoms with E-state index in [4.69, 9.17) is 15.2 Å². The zero-order chi connectivity index (χ0) is 11.3. The van der Waals surface area contributed by atoms with E-state index in [0.29, 0.717) is 6.61 Å². The van der Waals surface area contributed by atoms with Gasteiger partial charge in [-0.3, -0.25) is 0 Å². The van der Waals surface area contributed by atoms with Crippen molar-refractivity contribution in [3.63, 3.8) is 0 Å². The molecule has 0 aromatic heterocycles. The third-order valence-electron chi connectivity index (χ3n) is 2.38. The summed E-state index contributed by atoms with van der Waals surface area (Å²) in [6.45, 7) is 5.39. The summed E-state index contributed by atoms with van der Waals surface area (Å²) < 4.78 is 10.6. The van der Waals surface area contributed by atoms with Crippen molar-refractivity contribution in [3.05, 3.63) is 23.3 Å². The topological polar surface area (TPSA) is 44.5 Å². The number of benzene rings is 1. The van der Waals surface area contributed by atoms with Crippen molar-refractivity contribution in [1.82, 2.24) is 0 Å². The van der Waals surface area contributed by atoms with Crippen molar-refractivity contribution < 1.29 is 9.47 Å². The summed E-state index contributed by atoms with van der Waals surface area (Å²) in [7, 11) is 1.69. The van der Waals surface area contributed by atoms with Gasteiger partial charge in [-0.2, -0.15) is 0 Å². The zero-order valence-corrected chi connectivity index (χ0v) is 9.67. The van der Waals surface area contributed by atoms with Crippen LogP contribution in [0.5, 0.6) is 5.75 Å². The maximum Gasteiger partial charge on any atom is 0.127 e. The van der Waals surface area contributed by atoms with Gasteiger partial charge in [-0.15, -0.1) is 0 Å². The van der Waals surface area contributed by atoms with Crippen LogP contribution >= 0.6 is 0 Å². The lowest BCUT2D eigenvalue weighted by molar-refractivity contribution is 0.171. The SMILES string of the molecule is COCCCOc1c(C)ccc(N)c1C. The molecular weight excluding hydrogens is 190 g/mol. The average molecular weight is 209 g/mol. The molecule has 2 N–H and O–H groups in total. The monoisotopic (exact) mass is 209 g/mol. The van der Waals surface area contributed by atoms with Crippen LogP contribution in [0.1, 0.15) is 17.5 Å². The Morgan fingerprint density at radius 1 is 1.20 bits per heavy atom. The molecule has 0 aliphatic heterocycles. The van der Waals surface area contributed by atoms with Crippen LogP contribution in [0.3, 0.4) is 0 Å². The van der Waals surface area contributed by atoms with Gasteiger partial charge in [-0.25, -0.2) is 0 Å². The molecule has 0 unspecified atom stereocenters. The minimum absolute atomic E-state index is 0.666. The fourth-order valence-electron chi connectivity index (χ4n) is 1.44. The first-order valence-electron chi connectivity index (χ1n) is 5.14. The summed E-state index contributed by atoms with van der Waals surface area (Å²) >= 11 is 0. The van der Waals surface area contributed by atoms with Crippen LogP contribution in [0, 0.1) is 13.8 Å². The molecule has 15 heavy (non-hydrogen) atoms. The third-order valence-corrected chi connectivity index (χ3v) is 2.38. The fraction of sp³-hybridized carbons (Fsp3) is 0.500. The van der Waals surface area contributed by atoms with E-state index < -0.39 is 0 Å². The Morgan fingerprint density at radius 3 is 2.60 bits per heavy atom. The van der Waals surface area contributed by atoms with Crippen molar-refractivity contribution in [3.8, 4) is 5.75 Å². The highest BCUT2D eigenvalue weighted by Gasteiger charge is 2.06. The van der Waals surface area contributed by atoms with E-state index in [9.17, 15) is 0 Å². The summed E-state index contributed by atoms with van der Waals surface area (Å²) in [5.74, 6) is 0.908. The lowest BCUT2D eigenvalue weighted by Gasteiger charge is -2.13. The van der Waals surface area contributed by atoms with Crippen molar-refractivity contribution in [1.29, 1.82) is 0 Å². The Labute approximate surface area is 91.2 Å². The Morgan fingerprint density at radius 2 is 1.93 bits per heavy atom. The largest absolute Gasteiger partial charge is 0.493 e. The molecular formula is C12H19NO2. The Balaban J connectivity index is 2.63. The van der Waals surface area contributed by atoms with Crippen molar-refractivity contribution in [2.45, 2.75) is 20.3 Å². The molecule has 3 nitrogen and oxygen atoms in total. The van der Waals surface area contributed by atoms with E-state index in [1.165, 1.54) is 0 Å². The molecule has 1 aromatic rings. The molecule has 0 aliphatic rings. The van der Waals surface area contributed by atoms with Gasteiger partial charge >= 0.3 is 0 Å². The normalized spacial score (nSPS) is 10.3. The quantitative estimate of drug-likeness (QED) is 0.598. The summed E-state index contributed by atoms with van der Waals surface area (Å²) in [6, 6.07) is 3.89. The molecule has 0 atom stereocenters. The van der Waals surface area contributed by atoms with E-state index in [2.05, 4.69) is 0 Å². The number of anilines is 1. The highest BCUT2D eigenvalue weighted by Crippen LogP contribution is 2.27. The second-order valence-corrected chi connectivity index (χ2v) is 3.62. The second-order valence-electron chi connectivity index (χ2n) is 3.62. The van der Waals surface area contributed by atoms with Crippen LogP contribution in [0.4, 0.5) is 5.69 Å². The molecule has 0 spiro atoms. The highest BCUT2D eigenvalue weighted by molar-refractivity contribution is 5.56. The smallest absolute Gasteiger partial charge is 0.127 e. The molecule has 0 radical (unpaired) electrons. The molecule has 84 valence electrons. The molecule has 0 fully saturated rings.